The van der Waals surface area contributed by atoms with Crippen LogP contribution in [0.5, 0.6) is 11.5 Å². The van der Waals surface area contributed by atoms with Gasteiger partial charge in [0.15, 0.2) is 0 Å². The third kappa shape index (κ3) is 8.52. The predicted molar refractivity (Wildman–Crippen MR) is 254 cm³/mol. The van der Waals surface area contributed by atoms with Crippen molar-refractivity contribution in [1.82, 2.24) is 24.8 Å². The molecular weight excluding hydrogens is 863 g/mol. The lowest BCUT2D eigenvalue weighted by molar-refractivity contribution is -0.147. The summed E-state index contributed by atoms with van der Waals surface area (Å²) in [4.78, 5) is 57.9. The molecule has 7 heterocycles. The van der Waals surface area contributed by atoms with Crippen LogP contribution in [0, 0.1) is 11.8 Å². The van der Waals surface area contributed by atoms with Gasteiger partial charge in [-0.15, -0.1) is 22.7 Å². The number of carbonyl (C=O) groups excluding carboxylic acids is 1. The van der Waals surface area contributed by atoms with Crippen LogP contribution in [0.1, 0.15) is 83.7 Å². The molecule has 2 aliphatic carbocycles. The molecular formula is C48H51N9O6S2. The number of nitrogens with one attached hydrogen (secondary N) is 2. The first-order valence-electron chi connectivity index (χ1n) is 22.4. The van der Waals surface area contributed by atoms with Crippen LogP contribution in [0.2, 0.25) is 0 Å². The summed E-state index contributed by atoms with van der Waals surface area (Å²) >= 11 is 3.26. The predicted octanol–water partition coefficient (Wildman–Crippen LogP) is 8.46. The Bertz CT molecular complexity index is 2880. The highest BCUT2D eigenvalue weighted by molar-refractivity contribution is 7.19. The summed E-state index contributed by atoms with van der Waals surface area (Å²) < 4.78 is 17.6. The Morgan fingerprint density at radius 1 is 0.738 bits per heavy atom. The maximum atomic E-state index is 13.4. The Morgan fingerprint density at radius 2 is 1.23 bits per heavy atom. The molecule has 4 atom stereocenters. The summed E-state index contributed by atoms with van der Waals surface area (Å²) in [7, 11) is 0. The largest absolute Gasteiger partial charge is 0.492 e. The van der Waals surface area contributed by atoms with Gasteiger partial charge in [0.05, 0.1) is 66.6 Å². The number of aliphatic carboxylic acids is 1. The van der Waals surface area contributed by atoms with E-state index in [4.69, 9.17) is 14.2 Å². The molecule has 0 unspecified atom stereocenters. The van der Waals surface area contributed by atoms with Gasteiger partial charge in [-0.25, -0.2) is 19.9 Å². The van der Waals surface area contributed by atoms with E-state index in [0.717, 1.165) is 102 Å². The smallest absolute Gasteiger partial charge is 0.306 e. The molecule has 5 aliphatic rings. The fourth-order valence-corrected chi connectivity index (χ4v) is 12.3. The summed E-state index contributed by atoms with van der Waals surface area (Å²) in [5.41, 5.74) is 8.67. The third-order valence-corrected chi connectivity index (χ3v) is 15.0. The van der Waals surface area contributed by atoms with Gasteiger partial charge < -0.3 is 34.9 Å². The number of aromatic nitrogens is 4. The molecule has 1 fully saturated rings. The average molecular weight is 914 g/mol. The number of anilines is 4. The molecule has 15 nitrogen and oxygen atoms in total. The minimum absolute atomic E-state index is 0.00739. The Hall–Kier alpha value is -6.04. The van der Waals surface area contributed by atoms with E-state index in [2.05, 4.69) is 52.7 Å². The maximum Gasteiger partial charge on any atom is 0.306 e. The molecule has 1 saturated heterocycles. The molecule has 65 heavy (non-hydrogen) atoms. The molecule has 0 spiro atoms. The van der Waals surface area contributed by atoms with Crippen LogP contribution in [0.4, 0.5) is 23.0 Å². The SMILES string of the molecule is CCOc1cc2c(cc1Nc1ncnc3sc4c(c13)CC[C@H](C(=O)N1C[C@@H](C)O[C@@H](C)C1)C4)C=NC2.CCOc1cc2c(cc1Nc1ncnc3sc4c(c13)CC[C@H](C(=O)O)C4)C=NC2. The number of thiophene rings is 2. The lowest BCUT2D eigenvalue weighted by atomic mass is 9.86. The molecule has 3 N–H and O–H groups in total. The normalized spacial score (nSPS) is 20.4. The number of hydrogen-bond donors (Lipinski definition) is 3. The fourth-order valence-electron chi connectivity index (χ4n) is 9.72. The van der Waals surface area contributed by atoms with Gasteiger partial charge in [-0.05, 0) is 124 Å². The summed E-state index contributed by atoms with van der Waals surface area (Å²) in [5, 5.41) is 18.4. The number of ether oxygens (including phenoxy) is 3. The van der Waals surface area contributed by atoms with Crippen molar-refractivity contribution >= 4 is 90.4 Å². The molecule has 0 radical (unpaired) electrons. The second-order valence-corrected chi connectivity index (χ2v) is 19.3. The van der Waals surface area contributed by atoms with Crippen LogP contribution in [0.15, 0.2) is 46.9 Å². The molecule has 4 aromatic heterocycles. The first kappa shape index (κ1) is 42.9. The fraction of sp³-hybridized carbons (Fsp3) is 0.417. The Morgan fingerprint density at radius 3 is 1.72 bits per heavy atom. The van der Waals surface area contributed by atoms with Crippen LogP contribution < -0.4 is 20.1 Å². The molecule has 0 saturated carbocycles. The van der Waals surface area contributed by atoms with Crippen LogP contribution >= 0.6 is 22.7 Å². The molecule has 336 valence electrons. The van der Waals surface area contributed by atoms with E-state index in [1.54, 1.807) is 35.3 Å². The van der Waals surface area contributed by atoms with E-state index < -0.39 is 5.97 Å². The van der Waals surface area contributed by atoms with Crippen LogP contribution in [-0.2, 0) is 53.1 Å². The van der Waals surface area contributed by atoms with Gasteiger partial charge in [0, 0.05) is 41.2 Å². The average Bonchev–Trinajstić information content (AvgIpc) is 4.11. The number of carboxylic acid groups (broad SMARTS) is 1. The van der Waals surface area contributed by atoms with Crippen molar-refractivity contribution in [2.75, 3.05) is 36.9 Å². The van der Waals surface area contributed by atoms with Crippen molar-refractivity contribution in [1.29, 1.82) is 0 Å². The molecule has 17 heteroatoms. The molecule has 0 bridgehead atoms. The number of hydrogen-bond acceptors (Lipinski definition) is 15. The van der Waals surface area contributed by atoms with Crippen molar-refractivity contribution in [2.24, 2.45) is 21.8 Å². The van der Waals surface area contributed by atoms with E-state index in [1.165, 1.54) is 21.6 Å². The number of aryl methyl sites for hydroxylation is 2. The van der Waals surface area contributed by atoms with Crippen LogP contribution in [-0.4, -0.2) is 92.8 Å². The van der Waals surface area contributed by atoms with Crippen molar-refractivity contribution < 1.29 is 28.9 Å². The van der Waals surface area contributed by atoms with Gasteiger partial charge in [0.2, 0.25) is 5.91 Å². The van der Waals surface area contributed by atoms with Crippen molar-refractivity contribution in [3.63, 3.8) is 0 Å². The van der Waals surface area contributed by atoms with E-state index in [0.29, 0.717) is 52.2 Å². The van der Waals surface area contributed by atoms with Gasteiger partial charge >= 0.3 is 5.97 Å². The van der Waals surface area contributed by atoms with Crippen molar-refractivity contribution in [3.05, 3.63) is 80.1 Å². The number of aliphatic imine (C=N–C) groups is 2. The zero-order valence-corrected chi connectivity index (χ0v) is 38.5. The van der Waals surface area contributed by atoms with Gasteiger partial charge in [0.25, 0.3) is 0 Å². The molecule has 1 amide bonds. The number of benzene rings is 2. The Balaban J connectivity index is 0.000000157. The van der Waals surface area contributed by atoms with E-state index in [1.807, 2.05) is 57.2 Å². The number of carboxylic acids is 1. The number of morpholine rings is 1. The summed E-state index contributed by atoms with van der Waals surface area (Å²) in [5.74, 6) is 2.32. The second kappa shape index (κ2) is 18.1. The first-order chi connectivity index (χ1) is 31.6. The van der Waals surface area contributed by atoms with Gasteiger partial charge in [-0.3, -0.25) is 19.6 Å². The number of nitrogens with zero attached hydrogens (tertiary/aromatic N) is 7. The summed E-state index contributed by atoms with van der Waals surface area (Å²) in [6, 6.07) is 8.24. The first-order valence-corrected chi connectivity index (χ1v) is 24.1. The lowest BCUT2D eigenvalue weighted by Crippen LogP contribution is -2.50. The molecule has 6 aromatic rings. The quantitative estimate of drug-likeness (QED) is 0.119. The Kier molecular flexibility index (Phi) is 11.9. The zero-order valence-electron chi connectivity index (χ0n) is 36.8. The summed E-state index contributed by atoms with van der Waals surface area (Å²) in [6.45, 7) is 11.9. The topological polar surface area (TPSA) is 186 Å². The van der Waals surface area contributed by atoms with Crippen LogP contribution in [0.3, 0.4) is 0 Å². The number of amides is 1. The van der Waals surface area contributed by atoms with Crippen molar-refractivity contribution in [3.8, 4) is 11.5 Å². The maximum absolute atomic E-state index is 13.4. The monoisotopic (exact) mass is 913 g/mol. The summed E-state index contributed by atoms with van der Waals surface area (Å²) in [6.07, 6.45) is 11.5. The minimum Gasteiger partial charge on any atom is -0.492 e. The van der Waals surface area contributed by atoms with E-state index in [-0.39, 0.29) is 30.0 Å². The highest BCUT2D eigenvalue weighted by atomic mass is 32.1. The number of carbonyl (C=O) groups is 2. The molecule has 3 aliphatic heterocycles. The zero-order chi connectivity index (χ0) is 44.8. The number of rotatable bonds is 10. The molecule has 11 rings (SSSR count). The van der Waals surface area contributed by atoms with Gasteiger partial charge in [-0.2, -0.15) is 0 Å². The highest BCUT2D eigenvalue weighted by Gasteiger charge is 2.35. The van der Waals surface area contributed by atoms with Gasteiger partial charge in [0.1, 0.15) is 45.5 Å². The van der Waals surface area contributed by atoms with Gasteiger partial charge in [-0.1, -0.05) is 0 Å². The highest BCUT2D eigenvalue weighted by Crippen LogP contribution is 2.44. The van der Waals surface area contributed by atoms with E-state index in [9.17, 15) is 14.7 Å². The second-order valence-electron chi connectivity index (χ2n) is 17.2. The van der Waals surface area contributed by atoms with E-state index >= 15 is 0 Å². The molecule has 2 aromatic carbocycles. The minimum atomic E-state index is -0.723. The number of fused-ring (bicyclic) bond motifs is 8. The van der Waals surface area contributed by atoms with Crippen molar-refractivity contribution in [2.45, 2.75) is 91.5 Å². The van der Waals surface area contributed by atoms with Crippen LogP contribution in [0.25, 0.3) is 20.4 Å². The Labute approximate surface area is 384 Å². The standard InChI is InChI=1S/C27H31N5O3S.C21H20N4O3S/c1-4-34-22-8-19-11-28-10-18(19)7-21(22)31-25-24-20-6-5-17(9-23(20)36-26(24)30-14-29-25)27(33)32-12-15(2)35-16(3)13-32;1-2-28-16-6-13-9-22-8-12(13)5-15(16)25-19-18-14-4-3-11(21(26)27)7-17(14)29-20(18)24-10-23-19/h7-8,10,14-17H,4-6,9,11-13H2,1-3H3,(H,29,30,31);5-6,8,10-11H,2-4,7,9H2,1H3,(H,26,27)(H,23,24,25)/t15-,16+,17-;11-/m00/s1. The lowest BCUT2D eigenvalue weighted by Gasteiger charge is -2.37. The third-order valence-electron chi connectivity index (χ3n) is 12.7.